The number of sulfonamides is 1. The van der Waals surface area contributed by atoms with E-state index < -0.39 is 22.2 Å². The summed E-state index contributed by atoms with van der Waals surface area (Å²) in [6.45, 7) is 0.177. The molecule has 2 N–H and O–H groups in total. The van der Waals surface area contributed by atoms with Crippen LogP contribution in [0.1, 0.15) is 19.3 Å². The van der Waals surface area contributed by atoms with Crippen molar-refractivity contribution in [3.63, 3.8) is 0 Å². The number of nitrogens with zero attached hydrogens (tertiary/aromatic N) is 3. The van der Waals surface area contributed by atoms with Crippen LogP contribution in [0, 0.1) is 5.82 Å². The highest BCUT2D eigenvalue weighted by molar-refractivity contribution is 7.89. The Morgan fingerprint density at radius 1 is 1.18 bits per heavy atom. The van der Waals surface area contributed by atoms with Gasteiger partial charge in [-0.15, -0.1) is 5.10 Å². The first kappa shape index (κ1) is 23.8. The van der Waals surface area contributed by atoms with Crippen molar-refractivity contribution in [2.24, 2.45) is 0 Å². The van der Waals surface area contributed by atoms with E-state index in [0.717, 1.165) is 0 Å². The molecule has 1 fully saturated rings. The van der Waals surface area contributed by atoms with E-state index in [1.54, 1.807) is 29.1 Å². The van der Waals surface area contributed by atoms with Gasteiger partial charge in [0, 0.05) is 17.1 Å². The summed E-state index contributed by atoms with van der Waals surface area (Å²) in [7, 11) is -3.77. The van der Waals surface area contributed by atoms with Crippen LogP contribution in [0.2, 0.25) is 5.02 Å². The van der Waals surface area contributed by atoms with Gasteiger partial charge in [-0.05, 0) is 55.7 Å². The molecule has 0 saturated carbocycles. The molecule has 0 spiro atoms. The third-order valence-electron chi connectivity index (χ3n) is 5.59. The van der Waals surface area contributed by atoms with Crippen LogP contribution in [0.5, 0.6) is 0 Å². The maximum atomic E-state index is 13.9. The Hall–Kier alpha value is -2.37. The Balaban J connectivity index is 1.34. The zero-order valence-corrected chi connectivity index (χ0v) is 19.2. The van der Waals surface area contributed by atoms with Gasteiger partial charge in [-0.1, -0.05) is 28.9 Å². The highest BCUT2D eigenvalue weighted by Gasteiger charge is 2.34. The van der Waals surface area contributed by atoms with Crippen molar-refractivity contribution in [1.82, 2.24) is 19.7 Å². The molecule has 8 nitrogen and oxygen atoms in total. The quantitative estimate of drug-likeness (QED) is 0.498. The Morgan fingerprint density at radius 2 is 1.94 bits per heavy atom. The van der Waals surface area contributed by atoms with Gasteiger partial charge in [-0.2, -0.15) is 0 Å². The van der Waals surface area contributed by atoms with E-state index in [-0.39, 0.29) is 23.4 Å². The molecule has 1 aliphatic rings. The lowest BCUT2D eigenvalue weighted by Crippen LogP contribution is -2.50. The molecule has 0 aliphatic carbocycles. The van der Waals surface area contributed by atoms with Crippen LogP contribution in [0.4, 0.5) is 4.39 Å². The number of hydrogen-bond donors (Lipinski definition) is 2. The van der Waals surface area contributed by atoms with Crippen molar-refractivity contribution >= 4 is 21.6 Å². The van der Waals surface area contributed by atoms with E-state index >= 15 is 0 Å². The predicted molar refractivity (Wildman–Crippen MR) is 121 cm³/mol. The van der Waals surface area contributed by atoms with Gasteiger partial charge >= 0.3 is 0 Å². The zero-order chi connectivity index (χ0) is 23.4. The summed E-state index contributed by atoms with van der Waals surface area (Å²) in [6, 6.07) is 11.7. The predicted octanol–water partition coefficient (Wildman–Crippen LogP) is 3.01. The summed E-state index contributed by atoms with van der Waals surface area (Å²) >= 11 is 5.83. The molecule has 33 heavy (non-hydrogen) atoms. The lowest BCUT2D eigenvalue weighted by molar-refractivity contribution is -0.0891. The van der Waals surface area contributed by atoms with Gasteiger partial charge in [0.1, 0.15) is 11.5 Å². The maximum Gasteiger partial charge on any atom is 0.240 e. The normalized spacial score (nSPS) is 21.2. The summed E-state index contributed by atoms with van der Waals surface area (Å²) in [6.07, 6.45) is 2.54. The van der Waals surface area contributed by atoms with E-state index in [0.29, 0.717) is 42.1 Å². The molecule has 1 saturated heterocycles. The van der Waals surface area contributed by atoms with Gasteiger partial charge in [0.25, 0.3) is 0 Å². The van der Waals surface area contributed by atoms with Crippen molar-refractivity contribution in [2.45, 2.75) is 49.0 Å². The van der Waals surface area contributed by atoms with Gasteiger partial charge in [0.05, 0.1) is 35.9 Å². The van der Waals surface area contributed by atoms with Crippen molar-refractivity contribution in [3.8, 4) is 11.3 Å². The van der Waals surface area contributed by atoms with Crippen molar-refractivity contribution in [3.05, 3.63) is 65.6 Å². The largest absolute Gasteiger partial charge is 0.394 e. The number of aromatic nitrogens is 3. The molecule has 2 aromatic carbocycles. The van der Waals surface area contributed by atoms with Crippen LogP contribution in [0.15, 0.2) is 59.6 Å². The topological polar surface area (TPSA) is 106 Å². The molecule has 2 heterocycles. The Bertz CT molecular complexity index is 1190. The first-order valence-electron chi connectivity index (χ1n) is 10.5. The second kappa shape index (κ2) is 10.3. The molecule has 0 unspecified atom stereocenters. The number of hydrogen-bond acceptors (Lipinski definition) is 6. The van der Waals surface area contributed by atoms with E-state index in [1.807, 2.05) is 0 Å². The van der Waals surface area contributed by atoms with Gasteiger partial charge in [0.15, 0.2) is 0 Å². The number of benzene rings is 2. The molecule has 176 valence electrons. The van der Waals surface area contributed by atoms with Crippen LogP contribution in [-0.2, 0) is 21.3 Å². The Labute approximate surface area is 196 Å². The molecule has 11 heteroatoms. The molecule has 0 radical (unpaired) electrons. The number of aliphatic hydroxyl groups is 1. The number of nitrogens with one attached hydrogen (secondary N) is 1. The summed E-state index contributed by atoms with van der Waals surface area (Å²) in [5, 5.41) is 18.3. The molecule has 0 amide bonds. The van der Waals surface area contributed by atoms with E-state index in [2.05, 4.69) is 15.0 Å². The van der Waals surface area contributed by atoms with Crippen LogP contribution in [-0.4, -0.2) is 53.4 Å². The molecule has 1 aromatic heterocycles. The third-order valence-corrected chi connectivity index (χ3v) is 7.35. The van der Waals surface area contributed by atoms with Crippen molar-refractivity contribution < 1.29 is 22.7 Å². The summed E-state index contributed by atoms with van der Waals surface area (Å²) < 4.78 is 49.5. The summed E-state index contributed by atoms with van der Waals surface area (Å²) in [4.78, 5) is 0.0996. The van der Waals surface area contributed by atoms with Crippen molar-refractivity contribution in [1.29, 1.82) is 0 Å². The monoisotopic (exact) mass is 494 g/mol. The van der Waals surface area contributed by atoms with Crippen LogP contribution in [0.3, 0.4) is 0 Å². The molecule has 1 aliphatic heterocycles. The lowest BCUT2D eigenvalue weighted by Gasteiger charge is -2.36. The number of aliphatic hydroxyl groups excluding tert-OH is 1. The molecular formula is C22H24ClFN4O4S. The van der Waals surface area contributed by atoms with Gasteiger partial charge in [-0.25, -0.2) is 17.5 Å². The minimum atomic E-state index is -3.77. The smallest absolute Gasteiger partial charge is 0.240 e. The van der Waals surface area contributed by atoms with Crippen LogP contribution >= 0.6 is 11.6 Å². The van der Waals surface area contributed by atoms with Gasteiger partial charge in [0.2, 0.25) is 10.0 Å². The molecule has 3 aromatic rings. The molecule has 3 atom stereocenters. The highest BCUT2D eigenvalue weighted by Crippen LogP contribution is 2.25. The fraction of sp³-hybridized carbons (Fsp3) is 0.364. The minimum absolute atomic E-state index is 0.0996. The minimum Gasteiger partial charge on any atom is -0.394 e. The van der Waals surface area contributed by atoms with Crippen LogP contribution < -0.4 is 4.72 Å². The van der Waals surface area contributed by atoms with Gasteiger partial charge in [-0.3, -0.25) is 4.68 Å². The molecule has 0 bridgehead atoms. The lowest BCUT2D eigenvalue weighted by atomic mass is 9.98. The zero-order valence-electron chi connectivity index (χ0n) is 17.6. The fourth-order valence-electron chi connectivity index (χ4n) is 3.84. The number of aryl methyl sites for hydroxylation is 1. The Kier molecular flexibility index (Phi) is 7.40. The van der Waals surface area contributed by atoms with Gasteiger partial charge < -0.3 is 9.84 Å². The summed E-state index contributed by atoms with van der Waals surface area (Å²) in [5.74, 6) is -0.363. The fourth-order valence-corrected chi connectivity index (χ4v) is 5.26. The average molecular weight is 495 g/mol. The Morgan fingerprint density at radius 3 is 2.67 bits per heavy atom. The second-order valence-electron chi connectivity index (χ2n) is 7.87. The maximum absolute atomic E-state index is 13.9. The van der Waals surface area contributed by atoms with E-state index in [4.69, 9.17) is 16.3 Å². The molecule has 4 rings (SSSR count). The van der Waals surface area contributed by atoms with Crippen LogP contribution in [0.25, 0.3) is 11.3 Å². The first-order valence-corrected chi connectivity index (χ1v) is 12.4. The van der Waals surface area contributed by atoms with Crippen molar-refractivity contribution in [2.75, 3.05) is 6.61 Å². The SMILES string of the molecule is O=S(=O)(N[C@@H]1CC[C@H](CCn2cc(-c3ccccc3F)nn2)O[C@H]1CO)c1ccc(Cl)cc1. The third kappa shape index (κ3) is 5.77. The number of rotatable bonds is 8. The summed E-state index contributed by atoms with van der Waals surface area (Å²) in [5.41, 5.74) is 0.830. The first-order chi connectivity index (χ1) is 15.9. The molecular weight excluding hydrogens is 471 g/mol. The average Bonchev–Trinajstić information content (AvgIpc) is 3.27. The van der Waals surface area contributed by atoms with E-state index in [1.165, 1.54) is 30.3 Å². The number of halogens is 2. The second-order valence-corrected chi connectivity index (χ2v) is 10.0. The number of ether oxygens (including phenoxy) is 1. The van der Waals surface area contributed by atoms with E-state index in [9.17, 15) is 17.9 Å². The highest BCUT2D eigenvalue weighted by atomic mass is 35.5. The standard InChI is InChI=1S/C22H24ClFN4O4S/c23-15-5-8-17(9-6-15)33(30,31)26-20-10-7-16(32-22(20)14-29)11-12-28-13-21(25-27-28)18-3-1-2-4-19(18)24/h1-6,8-9,13,16,20,22,26,29H,7,10-12,14H2/t16-,20-,22+/m1/s1.